The Morgan fingerprint density at radius 3 is 2.52 bits per heavy atom. The van der Waals surface area contributed by atoms with Crippen LogP contribution in [-0.2, 0) is 13.1 Å². The molecule has 6 heteroatoms. The molecule has 27 heavy (non-hydrogen) atoms. The van der Waals surface area contributed by atoms with Crippen LogP contribution in [0.2, 0.25) is 0 Å². The van der Waals surface area contributed by atoms with Crippen LogP contribution in [0.1, 0.15) is 27.3 Å². The van der Waals surface area contributed by atoms with E-state index in [-0.39, 0.29) is 18.3 Å². The molecule has 0 spiro atoms. The minimum Gasteiger partial charge on any atom is -0.350 e. The van der Waals surface area contributed by atoms with Crippen LogP contribution in [0.25, 0.3) is 0 Å². The number of nitrogens with one attached hydrogen (secondary N) is 1. The Labute approximate surface area is 157 Å². The molecule has 3 aromatic rings. The molecular weight excluding hydrogens is 343 g/mol. The van der Waals surface area contributed by atoms with Crippen molar-refractivity contribution in [1.82, 2.24) is 14.9 Å². The number of carbonyl (C=O) groups excluding carboxylic acids is 1. The van der Waals surface area contributed by atoms with Crippen LogP contribution in [0.4, 0.5) is 10.3 Å². The SMILES string of the molecule is Cc1cc(C(=O)N(C)Cc2ccccc2)nc(NCc2ccccc2F)n1. The van der Waals surface area contributed by atoms with Gasteiger partial charge in [0.1, 0.15) is 11.5 Å². The molecule has 138 valence electrons. The van der Waals surface area contributed by atoms with Crippen LogP contribution in [0.15, 0.2) is 60.7 Å². The molecule has 5 nitrogen and oxygen atoms in total. The number of halogens is 1. The van der Waals surface area contributed by atoms with Gasteiger partial charge in [0.2, 0.25) is 5.95 Å². The van der Waals surface area contributed by atoms with E-state index in [0.29, 0.717) is 29.4 Å². The predicted octanol–water partition coefficient (Wildman–Crippen LogP) is 3.81. The molecule has 0 saturated carbocycles. The second kappa shape index (κ2) is 8.40. The third kappa shape index (κ3) is 4.88. The van der Waals surface area contributed by atoms with Crippen molar-refractivity contribution in [2.24, 2.45) is 0 Å². The fourth-order valence-corrected chi connectivity index (χ4v) is 2.70. The minimum absolute atomic E-state index is 0.196. The zero-order chi connectivity index (χ0) is 19.2. The fourth-order valence-electron chi connectivity index (χ4n) is 2.70. The van der Waals surface area contributed by atoms with E-state index in [9.17, 15) is 9.18 Å². The fraction of sp³-hybridized carbons (Fsp3) is 0.190. The number of amides is 1. The molecule has 0 aliphatic rings. The highest BCUT2D eigenvalue weighted by Gasteiger charge is 2.16. The van der Waals surface area contributed by atoms with Crippen LogP contribution in [0.3, 0.4) is 0 Å². The number of carbonyl (C=O) groups is 1. The van der Waals surface area contributed by atoms with Crippen molar-refractivity contribution in [3.05, 3.63) is 89.0 Å². The zero-order valence-corrected chi connectivity index (χ0v) is 15.3. The van der Waals surface area contributed by atoms with Gasteiger partial charge < -0.3 is 10.2 Å². The number of aryl methyl sites for hydroxylation is 1. The first kappa shape index (κ1) is 18.5. The Morgan fingerprint density at radius 1 is 1.07 bits per heavy atom. The summed E-state index contributed by atoms with van der Waals surface area (Å²) in [5, 5.41) is 2.99. The minimum atomic E-state index is -0.295. The Kier molecular flexibility index (Phi) is 5.76. The standard InChI is InChI=1S/C21H21FN4O/c1-15-12-19(20(27)26(2)14-16-8-4-3-5-9-16)25-21(24-15)23-13-17-10-6-7-11-18(17)22/h3-12H,13-14H2,1-2H3,(H,23,24,25). The van der Waals surface area contributed by atoms with Crippen LogP contribution in [-0.4, -0.2) is 27.8 Å². The average molecular weight is 364 g/mol. The lowest BCUT2D eigenvalue weighted by Crippen LogP contribution is -2.27. The number of nitrogens with zero attached hydrogens (tertiary/aromatic N) is 3. The summed E-state index contributed by atoms with van der Waals surface area (Å²) in [4.78, 5) is 22.9. The highest BCUT2D eigenvalue weighted by atomic mass is 19.1. The number of aromatic nitrogens is 2. The summed E-state index contributed by atoms with van der Waals surface area (Å²) in [7, 11) is 1.74. The average Bonchev–Trinajstić information content (AvgIpc) is 2.67. The monoisotopic (exact) mass is 364 g/mol. The maximum atomic E-state index is 13.8. The molecule has 1 heterocycles. The molecule has 1 amide bonds. The van der Waals surface area contributed by atoms with Crippen LogP contribution in [0, 0.1) is 12.7 Å². The molecule has 3 rings (SSSR count). The van der Waals surface area contributed by atoms with Gasteiger partial charge in [0.25, 0.3) is 5.91 Å². The van der Waals surface area contributed by atoms with Crippen molar-refractivity contribution in [2.45, 2.75) is 20.0 Å². The smallest absolute Gasteiger partial charge is 0.272 e. The molecule has 0 saturated heterocycles. The van der Waals surface area contributed by atoms with E-state index < -0.39 is 0 Å². The summed E-state index contributed by atoms with van der Waals surface area (Å²) in [6.45, 7) is 2.52. The zero-order valence-electron chi connectivity index (χ0n) is 15.3. The predicted molar refractivity (Wildman–Crippen MR) is 103 cm³/mol. The van der Waals surface area contributed by atoms with Gasteiger partial charge in [-0.3, -0.25) is 4.79 Å². The molecule has 2 aromatic carbocycles. The summed E-state index contributed by atoms with van der Waals surface area (Å²) >= 11 is 0. The van der Waals surface area contributed by atoms with Gasteiger partial charge in [-0.2, -0.15) is 0 Å². The summed E-state index contributed by atoms with van der Waals surface area (Å²) in [6.07, 6.45) is 0. The van der Waals surface area contributed by atoms with Crippen molar-refractivity contribution < 1.29 is 9.18 Å². The summed E-state index contributed by atoms with van der Waals surface area (Å²) in [5.74, 6) is -0.190. The number of anilines is 1. The molecule has 0 fully saturated rings. The number of hydrogen-bond acceptors (Lipinski definition) is 4. The molecule has 1 aromatic heterocycles. The second-order valence-corrected chi connectivity index (χ2v) is 6.31. The molecule has 0 unspecified atom stereocenters. The third-order valence-corrected chi connectivity index (χ3v) is 4.08. The molecule has 0 aliphatic heterocycles. The van der Waals surface area contributed by atoms with E-state index in [4.69, 9.17) is 0 Å². The highest BCUT2D eigenvalue weighted by molar-refractivity contribution is 5.92. The molecule has 0 radical (unpaired) electrons. The van der Waals surface area contributed by atoms with Crippen molar-refractivity contribution in [3.8, 4) is 0 Å². The van der Waals surface area contributed by atoms with E-state index in [0.717, 1.165) is 5.56 Å². The van der Waals surface area contributed by atoms with Crippen LogP contribution < -0.4 is 5.32 Å². The largest absolute Gasteiger partial charge is 0.350 e. The lowest BCUT2D eigenvalue weighted by molar-refractivity contribution is 0.0779. The highest BCUT2D eigenvalue weighted by Crippen LogP contribution is 2.12. The van der Waals surface area contributed by atoms with Gasteiger partial charge in [0, 0.05) is 31.4 Å². The Hall–Kier alpha value is -3.28. The van der Waals surface area contributed by atoms with E-state index in [1.165, 1.54) is 6.07 Å². The Morgan fingerprint density at radius 2 is 1.78 bits per heavy atom. The lowest BCUT2D eigenvalue weighted by atomic mass is 10.2. The Bertz CT molecular complexity index is 930. The Balaban J connectivity index is 1.72. The summed E-state index contributed by atoms with van der Waals surface area (Å²) < 4.78 is 13.8. The van der Waals surface area contributed by atoms with Gasteiger partial charge >= 0.3 is 0 Å². The third-order valence-electron chi connectivity index (χ3n) is 4.08. The number of hydrogen-bond donors (Lipinski definition) is 1. The van der Waals surface area contributed by atoms with Gasteiger partial charge in [-0.15, -0.1) is 0 Å². The van der Waals surface area contributed by atoms with Crippen molar-refractivity contribution in [3.63, 3.8) is 0 Å². The first-order valence-corrected chi connectivity index (χ1v) is 8.65. The van der Waals surface area contributed by atoms with Crippen molar-refractivity contribution in [2.75, 3.05) is 12.4 Å². The first-order valence-electron chi connectivity index (χ1n) is 8.65. The second-order valence-electron chi connectivity index (χ2n) is 6.31. The van der Waals surface area contributed by atoms with E-state index in [1.54, 1.807) is 43.1 Å². The van der Waals surface area contributed by atoms with Gasteiger partial charge in [-0.05, 0) is 24.6 Å². The molecule has 1 N–H and O–H groups in total. The van der Waals surface area contributed by atoms with Gasteiger partial charge in [-0.1, -0.05) is 48.5 Å². The van der Waals surface area contributed by atoms with Crippen LogP contribution >= 0.6 is 0 Å². The van der Waals surface area contributed by atoms with Crippen LogP contribution in [0.5, 0.6) is 0 Å². The van der Waals surface area contributed by atoms with Crippen molar-refractivity contribution in [1.29, 1.82) is 0 Å². The van der Waals surface area contributed by atoms with Gasteiger partial charge in [-0.25, -0.2) is 14.4 Å². The van der Waals surface area contributed by atoms with E-state index >= 15 is 0 Å². The quantitative estimate of drug-likeness (QED) is 0.723. The summed E-state index contributed by atoms with van der Waals surface area (Å²) in [6, 6.07) is 17.9. The lowest BCUT2D eigenvalue weighted by Gasteiger charge is -2.17. The van der Waals surface area contributed by atoms with Gasteiger partial charge in [0.05, 0.1) is 0 Å². The maximum Gasteiger partial charge on any atom is 0.272 e. The molecule has 0 atom stereocenters. The molecule has 0 bridgehead atoms. The normalized spacial score (nSPS) is 10.5. The number of benzene rings is 2. The number of rotatable bonds is 6. The molecular formula is C21H21FN4O. The van der Waals surface area contributed by atoms with E-state index in [1.807, 2.05) is 30.3 Å². The van der Waals surface area contributed by atoms with Gasteiger partial charge in [0.15, 0.2) is 0 Å². The van der Waals surface area contributed by atoms with Crippen molar-refractivity contribution >= 4 is 11.9 Å². The van der Waals surface area contributed by atoms with E-state index in [2.05, 4.69) is 15.3 Å². The topological polar surface area (TPSA) is 58.1 Å². The maximum absolute atomic E-state index is 13.8. The molecule has 0 aliphatic carbocycles. The first-order chi connectivity index (χ1) is 13.0. The summed E-state index contributed by atoms with van der Waals surface area (Å²) in [5.41, 5.74) is 2.52.